The summed E-state index contributed by atoms with van der Waals surface area (Å²) in [7, 11) is 4.18. The van der Waals surface area contributed by atoms with Crippen molar-refractivity contribution in [3.05, 3.63) is 29.1 Å². The number of pyridine rings is 1. The highest BCUT2D eigenvalue weighted by Gasteiger charge is 2.19. The minimum Gasteiger partial charge on any atom is -0.381 e. The van der Waals surface area contributed by atoms with Crippen LogP contribution in [0.15, 0.2) is 12.1 Å². The molecule has 0 saturated carbocycles. The molecule has 0 radical (unpaired) electrons. The van der Waals surface area contributed by atoms with E-state index in [0.29, 0.717) is 5.92 Å². The molecule has 0 bridgehead atoms. The van der Waals surface area contributed by atoms with Crippen LogP contribution in [0.3, 0.4) is 0 Å². The molecule has 0 N–H and O–H groups in total. The lowest BCUT2D eigenvalue weighted by atomic mass is 9.92. The minimum absolute atomic E-state index is 0.534. The zero-order valence-corrected chi connectivity index (χ0v) is 11.1. The van der Waals surface area contributed by atoms with Crippen LogP contribution in [0, 0.1) is 6.92 Å². The van der Waals surface area contributed by atoms with E-state index in [4.69, 9.17) is 9.72 Å². The van der Waals surface area contributed by atoms with E-state index in [-0.39, 0.29) is 0 Å². The molecule has 3 nitrogen and oxygen atoms in total. The van der Waals surface area contributed by atoms with Crippen molar-refractivity contribution >= 4 is 0 Å². The Morgan fingerprint density at radius 1 is 1.41 bits per heavy atom. The summed E-state index contributed by atoms with van der Waals surface area (Å²) in [6.45, 7) is 4.73. The number of ether oxygens (including phenoxy) is 1. The van der Waals surface area contributed by atoms with Gasteiger partial charge in [0.1, 0.15) is 0 Å². The van der Waals surface area contributed by atoms with Gasteiger partial charge in [-0.3, -0.25) is 4.98 Å². The molecule has 1 saturated heterocycles. The second kappa shape index (κ2) is 5.61. The topological polar surface area (TPSA) is 25.4 Å². The van der Waals surface area contributed by atoms with Crippen LogP contribution in [-0.4, -0.2) is 37.2 Å². The molecule has 1 fully saturated rings. The summed E-state index contributed by atoms with van der Waals surface area (Å²) in [5.41, 5.74) is 3.69. The summed E-state index contributed by atoms with van der Waals surface area (Å²) >= 11 is 0. The first kappa shape index (κ1) is 12.5. The van der Waals surface area contributed by atoms with Gasteiger partial charge in [0.15, 0.2) is 0 Å². The molecule has 1 unspecified atom stereocenters. The lowest BCUT2D eigenvalue weighted by Crippen LogP contribution is -2.20. The van der Waals surface area contributed by atoms with Crippen molar-refractivity contribution < 1.29 is 4.74 Å². The minimum atomic E-state index is 0.534. The van der Waals surface area contributed by atoms with Gasteiger partial charge < -0.3 is 9.64 Å². The van der Waals surface area contributed by atoms with E-state index in [1.807, 2.05) is 0 Å². The Bertz CT molecular complexity index is 370. The van der Waals surface area contributed by atoms with E-state index in [0.717, 1.165) is 25.5 Å². The lowest BCUT2D eigenvalue weighted by Gasteiger charge is -2.25. The SMILES string of the molecule is Cc1ccc(C2CCCOC2)c(CN(C)C)n1. The maximum atomic E-state index is 5.59. The van der Waals surface area contributed by atoms with Crippen molar-refractivity contribution in [2.75, 3.05) is 27.3 Å². The third-order valence-corrected chi connectivity index (χ3v) is 3.21. The highest BCUT2D eigenvalue weighted by atomic mass is 16.5. The van der Waals surface area contributed by atoms with Gasteiger partial charge >= 0.3 is 0 Å². The van der Waals surface area contributed by atoms with Crippen molar-refractivity contribution in [1.82, 2.24) is 9.88 Å². The largest absolute Gasteiger partial charge is 0.381 e. The highest BCUT2D eigenvalue weighted by Crippen LogP contribution is 2.27. The molecule has 2 heterocycles. The Balaban J connectivity index is 2.24. The molecular weight excluding hydrogens is 212 g/mol. The molecule has 1 atom stereocenters. The van der Waals surface area contributed by atoms with E-state index in [9.17, 15) is 0 Å². The smallest absolute Gasteiger partial charge is 0.0582 e. The predicted molar refractivity (Wildman–Crippen MR) is 69.2 cm³/mol. The van der Waals surface area contributed by atoms with E-state index in [1.165, 1.54) is 24.1 Å². The average Bonchev–Trinajstić information content (AvgIpc) is 2.29. The fourth-order valence-electron chi connectivity index (χ4n) is 2.41. The van der Waals surface area contributed by atoms with Crippen LogP contribution >= 0.6 is 0 Å². The Labute approximate surface area is 104 Å². The van der Waals surface area contributed by atoms with E-state index < -0.39 is 0 Å². The first-order valence-electron chi connectivity index (χ1n) is 6.35. The molecule has 0 spiro atoms. The van der Waals surface area contributed by atoms with E-state index in [1.54, 1.807) is 0 Å². The van der Waals surface area contributed by atoms with Crippen LogP contribution in [0.5, 0.6) is 0 Å². The molecule has 1 aliphatic heterocycles. The van der Waals surface area contributed by atoms with Crippen molar-refractivity contribution in [2.24, 2.45) is 0 Å². The number of rotatable bonds is 3. The first-order chi connectivity index (χ1) is 8.16. The summed E-state index contributed by atoms with van der Waals surface area (Å²) in [5.74, 6) is 0.534. The molecule has 1 aromatic rings. The zero-order valence-electron chi connectivity index (χ0n) is 11.1. The fraction of sp³-hybridized carbons (Fsp3) is 0.643. The van der Waals surface area contributed by atoms with E-state index >= 15 is 0 Å². The summed E-state index contributed by atoms with van der Waals surface area (Å²) < 4.78 is 5.59. The number of nitrogens with zero attached hydrogens (tertiary/aromatic N) is 2. The zero-order chi connectivity index (χ0) is 12.3. The van der Waals surface area contributed by atoms with Crippen LogP contribution < -0.4 is 0 Å². The van der Waals surface area contributed by atoms with Gasteiger partial charge in [0.2, 0.25) is 0 Å². The summed E-state index contributed by atoms with van der Waals surface area (Å²) in [6, 6.07) is 4.35. The molecule has 0 amide bonds. The average molecular weight is 234 g/mol. The summed E-state index contributed by atoms with van der Waals surface area (Å²) in [6.07, 6.45) is 2.39. The molecule has 94 valence electrons. The molecule has 17 heavy (non-hydrogen) atoms. The van der Waals surface area contributed by atoms with Crippen molar-refractivity contribution in [2.45, 2.75) is 32.2 Å². The molecular formula is C14H22N2O. The Morgan fingerprint density at radius 2 is 2.24 bits per heavy atom. The second-order valence-corrected chi connectivity index (χ2v) is 5.14. The van der Waals surface area contributed by atoms with Gasteiger partial charge in [-0.15, -0.1) is 0 Å². The third-order valence-electron chi connectivity index (χ3n) is 3.21. The Kier molecular flexibility index (Phi) is 4.13. The number of aromatic nitrogens is 1. The molecule has 0 aliphatic carbocycles. The van der Waals surface area contributed by atoms with Crippen molar-refractivity contribution in [1.29, 1.82) is 0 Å². The lowest BCUT2D eigenvalue weighted by molar-refractivity contribution is 0.0799. The van der Waals surface area contributed by atoms with Gasteiger partial charge in [-0.2, -0.15) is 0 Å². The second-order valence-electron chi connectivity index (χ2n) is 5.14. The van der Waals surface area contributed by atoms with Gasteiger partial charge in [0, 0.05) is 24.8 Å². The maximum absolute atomic E-state index is 5.59. The molecule has 1 aliphatic rings. The molecule has 2 rings (SSSR count). The molecule has 1 aromatic heterocycles. The van der Waals surface area contributed by atoms with Gasteiger partial charge in [-0.25, -0.2) is 0 Å². The van der Waals surface area contributed by atoms with Crippen LogP contribution in [0.2, 0.25) is 0 Å². The van der Waals surface area contributed by atoms with Crippen LogP contribution in [-0.2, 0) is 11.3 Å². The Morgan fingerprint density at radius 3 is 2.88 bits per heavy atom. The van der Waals surface area contributed by atoms with Gasteiger partial charge in [0.05, 0.1) is 12.3 Å². The van der Waals surface area contributed by atoms with Crippen LogP contribution in [0.1, 0.15) is 35.7 Å². The first-order valence-corrected chi connectivity index (χ1v) is 6.35. The number of aryl methyl sites for hydroxylation is 1. The molecule has 3 heteroatoms. The van der Waals surface area contributed by atoms with Gasteiger partial charge in [0.25, 0.3) is 0 Å². The monoisotopic (exact) mass is 234 g/mol. The maximum Gasteiger partial charge on any atom is 0.0582 e. The number of hydrogen-bond donors (Lipinski definition) is 0. The standard InChI is InChI=1S/C14H22N2O/c1-11-6-7-13(12-5-4-8-17-10-12)14(15-11)9-16(2)3/h6-7,12H,4-5,8-10H2,1-3H3. The van der Waals surface area contributed by atoms with E-state index in [2.05, 4.69) is 38.1 Å². The van der Waals surface area contributed by atoms with Crippen molar-refractivity contribution in [3.63, 3.8) is 0 Å². The predicted octanol–water partition coefficient (Wildman–Crippen LogP) is 2.35. The highest BCUT2D eigenvalue weighted by molar-refractivity contribution is 5.27. The summed E-state index contributed by atoms with van der Waals surface area (Å²) in [4.78, 5) is 6.87. The Hall–Kier alpha value is -0.930. The third kappa shape index (κ3) is 3.27. The van der Waals surface area contributed by atoms with Gasteiger partial charge in [-0.1, -0.05) is 6.07 Å². The fourth-order valence-corrected chi connectivity index (χ4v) is 2.41. The van der Waals surface area contributed by atoms with Crippen LogP contribution in [0.4, 0.5) is 0 Å². The van der Waals surface area contributed by atoms with Crippen LogP contribution in [0.25, 0.3) is 0 Å². The van der Waals surface area contributed by atoms with Gasteiger partial charge in [-0.05, 0) is 45.5 Å². The summed E-state index contributed by atoms with van der Waals surface area (Å²) in [5, 5.41) is 0. The quantitative estimate of drug-likeness (QED) is 0.802. The molecule has 0 aromatic carbocycles. The van der Waals surface area contributed by atoms with Crippen molar-refractivity contribution in [3.8, 4) is 0 Å². The normalized spacial score (nSPS) is 20.8. The number of hydrogen-bond acceptors (Lipinski definition) is 3.